The molecule has 4 nitrogen and oxygen atoms in total. The average Bonchev–Trinajstić information content (AvgIpc) is 2.70. The van der Waals surface area contributed by atoms with Crippen LogP contribution in [0, 0.1) is 5.41 Å². The van der Waals surface area contributed by atoms with Gasteiger partial charge in [-0.2, -0.15) is 0 Å². The van der Waals surface area contributed by atoms with Gasteiger partial charge in [0.05, 0.1) is 13.2 Å². The summed E-state index contributed by atoms with van der Waals surface area (Å²) in [4.78, 5) is 24.5. The first-order chi connectivity index (χ1) is 14.0. The summed E-state index contributed by atoms with van der Waals surface area (Å²) in [5.74, 6) is -0.942. The quantitative estimate of drug-likeness (QED) is 0.119. The summed E-state index contributed by atoms with van der Waals surface area (Å²) in [6, 6.07) is 0. The molecule has 0 N–H and O–H groups in total. The maximum Gasteiger partial charge on any atom is 0.322 e. The normalized spacial score (nSPS) is 11.4. The average molecular weight is 413 g/mol. The van der Waals surface area contributed by atoms with Gasteiger partial charge in [-0.3, -0.25) is 9.59 Å². The highest BCUT2D eigenvalue weighted by Gasteiger charge is 2.39. The molecular weight excluding hydrogens is 364 g/mol. The lowest BCUT2D eigenvalue weighted by molar-refractivity contribution is -0.169. The van der Waals surface area contributed by atoms with Gasteiger partial charge in [0.2, 0.25) is 0 Å². The summed E-state index contributed by atoms with van der Waals surface area (Å²) >= 11 is 0. The largest absolute Gasteiger partial charge is 0.465 e. The topological polar surface area (TPSA) is 52.6 Å². The number of hydrogen-bond donors (Lipinski definition) is 0. The molecule has 0 aromatic carbocycles. The van der Waals surface area contributed by atoms with Crippen molar-refractivity contribution in [1.82, 2.24) is 0 Å². The number of carbonyl (C=O) groups is 2. The zero-order valence-electron chi connectivity index (χ0n) is 19.9. The Morgan fingerprint density at radius 1 is 0.517 bits per heavy atom. The molecule has 0 heterocycles. The molecule has 0 rings (SSSR count). The minimum atomic E-state index is -1.22. The van der Waals surface area contributed by atoms with E-state index in [1.807, 2.05) is 0 Å². The highest BCUT2D eigenvalue weighted by Crippen LogP contribution is 2.20. The van der Waals surface area contributed by atoms with Crippen molar-refractivity contribution >= 4 is 11.9 Å². The molecule has 0 radical (unpaired) electrons. The van der Waals surface area contributed by atoms with Crippen LogP contribution in [0.15, 0.2) is 0 Å². The zero-order valence-corrected chi connectivity index (χ0v) is 19.9. The Labute approximate surface area is 180 Å². The minimum Gasteiger partial charge on any atom is -0.465 e. The Balaban J connectivity index is 3.73. The van der Waals surface area contributed by atoms with E-state index < -0.39 is 17.4 Å². The van der Waals surface area contributed by atoms with E-state index in [1.54, 1.807) is 13.8 Å². The highest BCUT2D eigenvalue weighted by molar-refractivity contribution is 5.99. The molecule has 0 saturated heterocycles. The van der Waals surface area contributed by atoms with Gasteiger partial charge < -0.3 is 9.47 Å². The predicted octanol–water partition coefficient (Wildman–Crippen LogP) is 7.38. The molecule has 0 bridgehead atoms. The lowest BCUT2D eigenvalue weighted by Gasteiger charge is -2.20. The Bertz CT molecular complexity index is 368. The SMILES string of the molecule is CCCCCCCCCCOC(=O)C(C)(C)C(=O)OCCCCCCCCCC. The van der Waals surface area contributed by atoms with Gasteiger partial charge in [0.1, 0.15) is 0 Å². The van der Waals surface area contributed by atoms with E-state index in [0.29, 0.717) is 13.2 Å². The third kappa shape index (κ3) is 15.4. The van der Waals surface area contributed by atoms with Gasteiger partial charge in [-0.15, -0.1) is 0 Å². The number of unbranched alkanes of at least 4 members (excludes halogenated alkanes) is 14. The second kappa shape index (κ2) is 18.9. The van der Waals surface area contributed by atoms with Crippen LogP contribution in [0.3, 0.4) is 0 Å². The summed E-state index contributed by atoms with van der Waals surface area (Å²) < 4.78 is 10.6. The number of ether oxygens (including phenoxy) is 2. The van der Waals surface area contributed by atoms with Crippen LogP contribution < -0.4 is 0 Å². The van der Waals surface area contributed by atoms with Gasteiger partial charge in [0.25, 0.3) is 0 Å². The summed E-state index contributed by atoms with van der Waals surface area (Å²) in [5, 5.41) is 0. The van der Waals surface area contributed by atoms with Crippen molar-refractivity contribution in [2.75, 3.05) is 13.2 Å². The molecule has 0 aliphatic rings. The Morgan fingerprint density at radius 3 is 1.10 bits per heavy atom. The van der Waals surface area contributed by atoms with E-state index in [9.17, 15) is 9.59 Å². The van der Waals surface area contributed by atoms with Crippen LogP contribution in [0.2, 0.25) is 0 Å². The molecule has 0 spiro atoms. The molecule has 0 aromatic rings. The molecule has 4 heteroatoms. The van der Waals surface area contributed by atoms with E-state index in [1.165, 1.54) is 77.0 Å². The van der Waals surface area contributed by atoms with Crippen LogP contribution in [0.25, 0.3) is 0 Å². The number of rotatable bonds is 20. The summed E-state index contributed by atoms with van der Waals surface area (Å²) in [6.07, 6.45) is 19.2. The lowest BCUT2D eigenvalue weighted by atomic mass is 9.94. The van der Waals surface area contributed by atoms with Crippen LogP contribution in [-0.4, -0.2) is 25.2 Å². The van der Waals surface area contributed by atoms with Crippen LogP contribution >= 0.6 is 0 Å². The second-order valence-corrected chi connectivity index (χ2v) is 8.85. The fourth-order valence-corrected chi connectivity index (χ4v) is 3.25. The van der Waals surface area contributed by atoms with E-state index >= 15 is 0 Å². The fourth-order valence-electron chi connectivity index (χ4n) is 3.25. The highest BCUT2D eigenvalue weighted by atomic mass is 16.6. The van der Waals surface area contributed by atoms with Crippen LogP contribution in [0.4, 0.5) is 0 Å². The van der Waals surface area contributed by atoms with Gasteiger partial charge in [0, 0.05) is 0 Å². The van der Waals surface area contributed by atoms with Crippen LogP contribution in [-0.2, 0) is 19.1 Å². The summed E-state index contributed by atoms with van der Waals surface area (Å²) in [5.41, 5.74) is -1.22. The standard InChI is InChI=1S/C25H48O4/c1-5-7-9-11-13-15-17-19-21-28-23(26)25(3,4)24(27)29-22-20-18-16-14-12-10-8-6-2/h5-22H2,1-4H3. The second-order valence-electron chi connectivity index (χ2n) is 8.85. The van der Waals surface area contributed by atoms with Crippen molar-refractivity contribution in [3.05, 3.63) is 0 Å². The molecule has 172 valence electrons. The van der Waals surface area contributed by atoms with Crippen molar-refractivity contribution in [2.45, 2.75) is 130 Å². The first-order valence-electron chi connectivity index (χ1n) is 12.3. The van der Waals surface area contributed by atoms with Crippen molar-refractivity contribution < 1.29 is 19.1 Å². The fraction of sp³-hybridized carbons (Fsp3) is 0.920. The number of esters is 2. The third-order valence-corrected chi connectivity index (χ3v) is 5.48. The van der Waals surface area contributed by atoms with Gasteiger partial charge in [-0.25, -0.2) is 0 Å². The van der Waals surface area contributed by atoms with E-state index in [2.05, 4.69) is 13.8 Å². The maximum absolute atomic E-state index is 12.3. The molecule has 0 aliphatic heterocycles. The van der Waals surface area contributed by atoms with E-state index in [4.69, 9.17) is 9.47 Å². The van der Waals surface area contributed by atoms with Crippen LogP contribution in [0.1, 0.15) is 130 Å². The molecule has 0 fully saturated rings. The lowest BCUT2D eigenvalue weighted by Crippen LogP contribution is -2.37. The Kier molecular flexibility index (Phi) is 18.2. The number of hydrogen-bond acceptors (Lipinski definition) is 4. The van der Waals surface area contributed by atoms with E-state index in [-0.39, 0.29) is 0 Å². The van der Waals surface area contributed by atoms with Crippen molar-refractivity contribution in [1.29, 1.82) is 0 Å². The third-order valence-electron chi connectivity index (χ3n) is 5.48. The smallest absolute Gasteiger partial charge is 0.322 e. The molecule has 0 saturated carbocycles. The van der Waals surface area contributed by atoms with Crippen molar-refractivity contribution in [3.8, 4) is 0 Å². The zero-order chi connectivity index (χ0) is 21.8. The molecular formula is C25H48O4. The molecule has 29 heavy (non-hydrogen) atoms. The predicted molar refractivity (Wildman–Crippen MR) is 121 cm³/mol. The number of carbonyl (C=O) groups excluding carboxylic acids is 2. The van der Waals surface area contributed by atoms with Crippen LogP contribution in [0.5, 0.6) is 0 Å². The maximum atomic E-state index is 12.3. The molecule has 0 amide bonds. The molecule has 0 atom stereocenters. The summed E-state index contributed by atoms with van der Waals surface area (Å²) in [7, 11) is 0. The van der Waals surface area contributed by atoms with Gasteiger partial charge in [0.15, 0.2) is 5.41 Å². The Hall–Kier alpha value is -1.06. The monoisotopic (exact) mass is 412 g/mol. The first kappa shape index (κ1) is 27.9. The van der Waals surface area contributed by atoms with Gasteiger partial charge in [-0.1, -0.05) is 104 Å². The Morgan fingerprint density at radius 2 is 0.793 bits per heavy atom. The van der Waals surface area contributed by atoms with E-state index in [0.717, 1.165) is 25.7 Å². The summed E-state index contributed by atoms with van der Waals surface area (Å²) in [6.45, 7) is 8.42. The molecule has 0 aromatic heterocycles. The first-order valence-corrected chi connectivity index (χ1v) is 12.3. The van der Waals surface area contributed by atoms with Gasteiger partial charge >= 0.3 is 11.9 Å². The minimum absolute atomic E-state index is 0.391. The molecule has 0 aliphatic carbocycles. The van der Waals surface area contributed by atoms with Crippen molar-refractivity contribution in [2.24, 2.45) is 5.41 Å². The van der Waals surface area contributed by atoms with Crippen molar-refractivity contribution in [3.63, 3.8) is 0 Å². The van der Waals surface area contributed by atoms with Gasteiger partial charge in [-0.05, 0) is 26.7 Å². The molecule has 0 unspecified atom stereocenters.